The van der Waals surface area contributed by atoms with Crippen molar-refractivity contribution in [1.82, 2.24) is 10.3 Å². The molecule has 168 valence electrons. The van der Waals surface area contributed by atoms with Crippen molar-refractivity contribution in [3.05, 3.63) is 28.8 Å². The third kappa shape index (κ3) is 5.40. The first-order valence-corrected chi connectivity index (χ1v) is 10.4. The van der Waals surface area contributed by atoms with Crippen LogP contribution in [0.1, 0.15) is 46.5 Å². The van der Waals surface area contributed by atoms with Crippen LogP contribution < -0.4 is 24.8 Å². The number of benzene rings is 1. The predicted molar refractivity (Wildman–Crippen MR) is 111 cm³/mol. The summed E-state index contributed by atoms with van der Waals surface area (Å²) in [5, 5.41) is 7.07. The van der Waals surface area contributed by atoms with E-state index in [1.54, 1.807) is 0 Å². The first-order valence-electron chi connectivity index (χ1n) is 9.52. The van der Waals surface area contributed by atoms with Gasteiger partial charge in [0.05, 0.1) is 21.3 Å². The number of alkyl halides is 2. The number of hydrogen-bond donors (Lipinski definition) is 2. The van der Waals surface area contributed by atoms with Crippen molar-refractivity contribution in [2.45, 2.75) is 37.6 Å². The molecule has 1 aliphatic carbocycles. The van der Waals surface area contributed by atoms with Crippen LogP contribution >= 0.6 is 11.3 Å². The number of halogens is 2. The van der Waals surface area contributed by atoms with Gasteiger partial charge < -0.3 is 19.5 Å². The van der Waals surface area contributed by atoms with Crippen molar-refractivity contribution >= 4 is 28.3 Å². The van der Waals surface area contributed by atoms with Gasteiger partial charge in [0, 0.05) is 29.8 Å². The van der Waals surface area contributed by atoms with Crippen LogP contribution in [0.4, 0.5) is 13.9 Å². The first kappa shape index (κ1) is 22.7. The van der Waals surface area contributed by atoms with Gasteiger partial charge in [-0.05, 0) is 25.0 Å². The van der Waals surface area contributed by atoms with Crippen LogP contribution in [0.3, 0.4) is 0 Å². The number of nitrogens with one attached hydrogen (secondary N) is 2. The number of carbonyl (C=O) groups excluding carboxylic acids is 2. The van der Waals surface area contributed by atoms with Gasteiger partial charge in [-0.15, -0.1) is 11.3 Å². The van der Waals surface area contributed by atoms with E-state index in [4.69, 9.17) is 14.2 Å². The second-order valence-electron chi connectivity index (χ2n) is 7.01. The predicted octanol–water partition coefficient (Wildman–Crippen LogP) is 3.73. The Hall–Kier alpha value is -2.95. The fourth-order valence-electron chi connectivity index (χ4n) is 3.26. The molecule has 0 atom stereocenters. The molecule has 1 saturated carbocycles. The molecule has 3 rings (SSSR count). The van der Waals surface area contributed by atoms with Crippen molar-refractivity contribution in [2.24, 2.45) is 0 Å². The second kappa shape index (κ2) is 9.46. The maximum atomic E-state index is 13.3. The summed E-state index contributed by atoms with van der Waals surface area (Å²) in [7, 11) is 4.34. The lowest BCUT2D eigenvalue weighted by Gasteiger charge is -2.28. The lowest BCUT2D eigenvalue weighted by atomic mass is 9.92. The number of anilines is 1. The Bertz CT molecular complexity index is 931. The summed E-state index contributed by atoms with van der Waals surface area (Å²) >= 11 is 1.08. The summed E-state index contributed by atoms with van der Waals surface area (Å²) < 4.78 is 42.2. The van der Waals surface area contributed by atoms with Gasteiger partial charge >= 0.3 is 0 Å². The number of rotatable bonds is 7. The molecule has 0 saturated heterocycles. The van der Waals surface area contributed by atoms with Crippen LogP contribution in [0.25, 0.3) is 0 Å². The smallest absolute Gasteiger partial charge is 0.271 e. The van der Waals surface area contributed by atoms with Crippen LogP contribution in [0.15, 0.2) is 17.5 Å². The Morgan fingerprint density at radius 1 is 1.06 bits per heavy atom. The zero-order valence-corrected chi connectivity index (χ0v) is 18.1. The Morgan fingerprint density at radius 3 is 2.23 bits per heavy atom. The monoisotopic (exact) mass is 455 g/mol. The minimum Gasteiger partial charge on any atom is -0.493 e. The van der Waals surface area contributed by atoms with E-state index >= 15 is 0 Å². The molecule has 8 nitrogen and oxygen atoms in total. The Kier molecular flexibility index (Phi) is 6.94. The summed E-state index contributed by atoms with van der Waals surface area (Å²) in [5.41, 5.74) is 0.362. The Morgan fingerprint density at radius 2 is 1.68 bits per heavy atom. The van der Waals surface area contributed by atoms with E-state index in [1.807, 2.05) is 0 Å². The highest BCUT2D eigenvalue weighted by Crippen LogP contribution is 2.38. The molecular formula is C20H23F2N3O5S. The van der Waals surface area contributed by atoms with Crippen molar-refractivity contribution < 1.29 is 32.6 Å². The van der Waals surface area contributed by atoms with Gasteiger partial charge in [-0.3, -0.25) is 14.9 Å². The summed E-state index contributed by atoms with van der Waals surface area (Å²) in [6.45, 7) is 0. The Labute approximate surface area is 181 Å². The van der Waals surface area contributed by atoms with Crippen LogP contribution in [0.5, 0.6) is 17.2 Å². The van der Waals surface area contributed by atoms with Gasteiger partial charge in [0.2, 0.25) is 11.7 Å². The molecule has 11 heteroatoms. The molecular weight excluding hydrogens is 432 g/mol. The van der Waals surface area contributed by atoms with E-state index in [0.29, 0.717) is 17.2 Å². The molecule has 31 heavy (non-hydrogen) atoms. The summed E-state index contributed by atoms with van der Waals surface area (Å²) in [4.78, 5) is 29.1. The molecule has 2 aromatic rings. The van der Waals surface area contributed by atoms with Crippen LogP contribution in [0, 0.1) is 0 Å². The number of carbonyl (C=O) groups is 2. The largest absolute Gasteiger partial charge is 0.493 e. The van der Waals surface area contributed by atoms with E-state index in [-0.39, 0.29) is 48.1 Å². The number of methoxy groups -OCH3 is 3. The molecule has 1 heterocycles. The van der Waals surface area contributed by atoms with Crippen molar-refractivity contribution in [3.63, 3.8) is 0 Å². The van der Waals surface area contributed by atoms with E-state index in [2.05, 4.69) is 15.6 Å². The van der Waals surface area contributed by atoms with Gasteiger partial charge in [0.25, 0.3) is 11.8 Å². The molecule has 0 spiro atoms. The highest BCUT2D eigenvalue weighted by Gasteiger charge is 2.35. The molecule has 2 N–H and O–H groups in total. The average molecular weight is 455 g/mol. The zero-order valence-electron chi connectivity index (χ0n) is 17.3. The van der Waals surface area contributed by atoms with Gasteiger partial charge in [-0.1, -0.05) is 0 Å². The molecule has 2 amide bonds. The molecule has 0 aliphatic heterocycles. The van der Waals surface area contributed by atoms with E-state index in [9.17, 15) is 18.4 Å². The van der Waals surface area contributed by atoms with Crippen LogP contribution in [-0.4, -0.2) is 50.1 Å². The van der Waals surface area contributed by atoms with Gasteiger partial charge in [-0.25, -0.2) is 13.8 Å². The fraction of sp³-hybridized carbons (Fsp3) is 0.450. The number of thiazole rings is 1. The van der Waals surface area contributed by atoms with Crippen LogP contribution in [-0.2, 0) is 0 Å². The van der Waals surface area contributed by atoms with Crippen molar-refractivity contribution in [1.29, 1.82) is 0 Å². The maximum Gasteiger partial charge on any atom is 0.271 e. The third-order valence-corrected chi connectivity index (χ3v) is 5.69. The molecule has 0 unspecified atom stereocenters. The van der Waals surface area contributed by atoms with Crippen LogP contribution in [0.2, 0.25) is 0 Å². The van der Waals surface area contributed by atoms with Gasteiger partial charge in [-0.2, -0.15) is 0 Å². The maximum absolute atomic E-state index is 13.3. The lowest BCUT2D eigenvalue weighted by Crippen LogP contribution is -2.40. The molecule has 1 aromatic carbocycles. The molecule has 1 aliphatic rings. The Balaban J connectivity index is 1.65. The summed E-state index contributed by atoms with van der Waals surface area (Å²) in [6, 6.07) is 2.68. The topological polar surface area (TPSA) is 98.8 Å². The standard InChI is InChI=1S/C20H23F2N3O5S/c1-28-14-8-11(9-15(29-2)16(14)30-3)17(26)25-19-24-13(10-31-19)18(27)23-12-4-6-20(21,22)7-5-12/h8-10,12H,4-7H2,1-3H3,(H,23,27)(H,24,25,26). The highest BCUT2D eigenvalue weighted by atomic mass is 32.1. The minimum atomic E-state index is -2.66. The fourth-order valence-corrected chi connectivity index (χ4v) is 3.95. The van der Waals surface area contributed by atoms with Gasteiger partial charge in [0.1, 0.15) is 5.69 Å². The molecule has 0 bridgehead atoms. The van der Waals surface area contributed by atoms with E-state index in [0.717, 1.165) is 11.3 Å². The number of aromatic nitrogens is 1. The molecule has 0 radical (unpaired) electrons. The highest BCUT2D eigenvalue weighted by molar-refractivity contribution is 7.14. The number of nitrogens with zero attached hydrogens (tertiary/aromatic N) is 1. The summed E-state index contributed by atoms with van der Waals surface area (Å²) in [5.74, 6) is -2.59. The summed E-state index contributed by atoms with van der Waals surface area (Å²) in [6.07, 6.45) is -0.0581. The van der Waals surface area contributed by atoms with E-state index in [1.165, 1.54) is 38.8 Å². The average Bonchev–Trinajstić information content (AvgIpc) is 3.22. The lowest BCUT2D eigenvalue weighted by molar-refractivity contribution is -0.0399. The third-order valence-electron chi connectivity index (χ3n) is 4.94. The first-order chi connectivity index (χ1) is 14.8. The van der Waals surface area contributed by atoms with E-state index < -0.39 is 17.7 Å². The van der Waals surface area contributed by atoms with Gasteiger partial charge in [0.15, 0.2) is 16.6 Å². The molecule has 1 aromatic heterocycles. The van der Waals surface area contributed by atoms with Crippen molar-refractivity contribution in [3.8, 4) is 17.2 Å². The molecule has 1 fully saturated rings. The normalized spacial score (nSPS) is 15.8. The number of amides is 2. The zero-order chi connectivity index (χ0) is 22.6. The minimum absolute atomic E-state index is 0.113. The SMILES string of the molecule is COc1cc(C(=O)Nc2nc(C(=O)NC3CCC(F)(F)CC3)cs2)cc(OC)c1OC. The number of ether oxygens (including phenoxy) is 3. The second-order valence-corrected chi connectivity index (χ2v) is 7.87. The quantitative estimate of drug-likeness (QED) is 0.660. The number of hydrogen-bond acceptors (Lipinski definition) is 7. The van der Waals surface area contributed by atoms with Crippen molar-refractivity contribution in [2.75, 3.05) is 26.6 Å².